The summed E-state index contributed by atoms with van der Waals surface area (Å²) in [6.07, 6.45) is 2.07. The Labute approximate surface area is 176 Å². The van der Waals surface area contributed by atoms with Crippen molar-refractivity contribution in [2.45, 2.75) is 52.7 Å². The molecule has 0 aliphatic heterocycles. The Morgan fingerprint density at radius 3 is 2.33 bits per heavy atom. The number of methoxy groups -OCH3 is 1. The Balaban J connectivity index is 2.22. The number of rotatable bonds is 9. The van der Waals surface area contributed by atoms with Crippen LogP contribution in [0.1, 0.15) is 56.0 Å². The van der Waals surface area contributed by atoms with Crippen LogP contribution in [0.5, 0.6) is 5.75 Å². The highest BCUT2D eigenvalue weighted by Gasteiger charge is 2.25. The van der Waals surface area contributed by atoms with Crippen LogP contribution in [0.3, 0.4) is 0 Å². The summed E-state index contributed by atoms with van der Waals surface area (Å²) in [5.41, 5.74) is 0.836. The van der Waals surface area contributed by atoms with Crippen LogP contribution in [-0.4, -0.2) is 46.6 Å². The topological polar surface area (TPSA) is 96.7 Å². The molecule has 8 heteroatoms. The van der Waals surface area contributed by atoms with E-state index < -0.39 is 17.4 Å². The summed E-state index contributed by atoms with van der Waals surface area (Å²) >= 11 is 0. The summed E-state index contributed by atoms with van der Waals surface area (Å²) in [5.74, 6) is -1.45. The maximum atomic E-state index is 12.5. The van der Waals surface area contributed by atoms with Crippen LogP contribution in [0.25, 0.3) is 0 Å². The van der Waals surface area contributed by atoms with E-state index in [1.807, 2.05) is 24.3 Å². The summed E-state index contributed by atoms with van der Waals surface area (Å²) in [7, 11) is 1.58. The predicted molar refractivity (Wildman–Crippen MR) is 109 cm³/mol. The number of aryl methyl sites for hydroxylation is 1. The van der Waals surface area contributed by atoms with E-state index in [1.54, 1.807) is 45.6 Å². The number of ether oxygens (including phenoxy) is 3. The van der Waals surface area contributed by atoms with E-state index in [0.717, 1.165) is 5.56 Å². The first-order valence-electron chi connectivity index (χ1n) is 9.75. The van der Waals surface area contributed by atoms with Gasteiger partial charge >= 0.3 is 17.7 Å². The maximum Gasteiger partial charge on any atom is 0.383 e. The second-order valence-corrected chi connectivity index (χ2v) is 7.67. The molecule has 2 aromatic rings. The minimum Gasteiger partial charge on any atom is -0.497 e. The van der Waals surface area contributed by atoms with Crippen molar-refractivity contribution >= 4 is 17.7 Å². The third-order valence-corrected chi connectivity index (χ3v) is 4.01. The molecule has 1 heterocycles. The average Bonchev–Trinajstić information content (AvgIpc) is 3.08. The van der Waals surface area contributed by atoms with Crippen LogP contribution in [0, 0.1) is 0 Å². The molecule has 0 aliphatic rings. The van der Waals surface area contributed by atoms with Gasteiger partial charge in [0.05, 0.1) is 25.8 Å². The molecule has 2 rings (SSSR count). The summed E-state index contributed by atoms with van der Waals surface area (Å²) in [6, 6.07) is 7.33. The predicted octanol–water partition coefficient (Wildman–Crippen LogP) is 2.96. The van der Waals surface area contributed by atoms with Crippen LogP contribution in [0.4, 0.5) is 0 Å². The van der Waals surface area contributed by atoms with Gasteiger partial charge < -0.3 is 18.8 Å². The molecule has 0 radical (unpaired) electrons. The zero-order valence-electron chi connectivity index (χ0n) is 18.1. The monoisotopic (exact) mass is 416 g/mol. The Morgan fingerprint density at radius 2 is 1.77 bits per heavy atom. The fourth-order valence-corrected chi connectivity index (χ4v) is 2.73. The molecule has 0 aliphatic carbocycles. The van der Waals surface area contributed by atoms with Crippen molar-refractivity contribution in [2.75, 3.05) is 13.7 Å². The van der Waals surface area contributed by atoms with Gasteiger partial charge in [0.25, 0.3) is 0 Å². The molecule has 162 valence electrons. The first-order valence-corrected chi connectivity index (χ1v) is 9.75. The lowest BCUT2D eigenvalue weighted by Gasteiger charge is -2.19. The highest BCUT2D eigenvalue weighted by atomic mass is 16.6. The first kappa shape index (κ1) is 23.1. The summed E-state index contributed by atoms with van der Waals surface area (Å²) in [6.45, 7) is 7.43. The number of benzene rings is 1. The number of aromatic nitrogens is 2. The molecule has 0 fully saturated rings. The number of carbonyl (C=O) groups is 3. The van der Waals surface area contributed by atoms with Crippen LogP contribution < -0.4 is 4.74 Å². The Bertz CT molecular complexity index is 893. The second kappa shape index (κ2) is 10.0. The molecule has 0 unspecified atom stereocenters. The largest absolute Gasteiger partial charge is 0.497 e. The molecular weight excluding hydrogens is 388 g/mol. The van der Waals surface area contributed by atoms with Crippen molar-refractivity contribution in [3.8, 4) is 5.75 Å². The fourth-order valence-electron chi connectivity index (χ4n) is 2.73. The van der Waals surface area contributed by atoms with E-state index in [9.17, 15) is 14.4 Å². The van der Waals surface area contributed by atoms with Gasteiger partial charge in [-0.25, -0.2) is 9.78 Å². The van der Waals surface area contributed by atoms with Crippen LogP contribution in [-0.2, 0) is 32.0 Å². The normalized spacial score (nSPS) is 11.1. The van der Waals surface area contributed by atoms with Gasteiger partial charge in [0.1, 0.15) is 11.4 Å². The molecule has 0 saturated carbocycles. The lowest BCUT2D eigenvalue weighted by atomic mass is 10.2. The van der Waals surface area contributed by atoms with Crippen molar-refractivity contribution in [2.24, 2.45) is 0 Å². The third kappa shape index (κ3) is 6.72. The van der Waals surface area contributed by atoms with E-state index in [1.165, 1.54) is 0 Å². The Hall–Kier alpha value is -3.16. The van der Waals surface area contributed by atoms with Gasteiger partial charge in [-0.05, 0) is 45.4 Å². The molecule has 0 amide bonds. The summed E-state index contributed by atoms with van der Waals surface area (Å²) < 4.78 is 16.9. The quantitative estimate of drug-likeness (QED) is 0.352. The standard InChI is InChI=1S/C22H28N2O6/c1-6-29-21(27)19(26)20-23-16(9-12-18(25)30-22(2,3)4)14-24(20)13-15-7-10-17(28-5)11-8-15/h7-8,10-11,14H,6,9,12-13H2,1-5H3. The van der Waals surface area contributed by atoms with Crippen molar-refractivity contribution in [3.63, 3.8) is 0 Å². The average molecular weight is 416 g/mol. The van der Waals surface area contributed by atoms with Gasteiger partial charge in [-0.15, -0.1) is 0 Å². The molecule has 8 nitrogen and oxygen atoms in total. The van der Waals surface area contributed by atoms with Gasteiger partial charge in [-0.2, -0.15) is 0 Å². The number of esters is 2. The molecule has 30 heavy (non-hydrogen) atoms. The minimum absolute atomic E-state index is 0.0246. The molecule has 0 spiro atoms. The SMILES string of the molecule is CCOC(=O)C(=O)c1nc(CCC(=O)OC(C)(C)C)cn1Cc1ccc(OC)cc1. The number of nitrogens with zero attached hydrogens (tertiary/aromatic N) is 2. The van der Waals surface area contributed by atoms with Gasteiger partial charge in [0, 0.05) is 19.2 Å². The van der Waals surface area contributed by atoms with E-state index in [4.69, 9.17) is 14.2 Å². The molecule has 1 aromatic heterocycles. The molecule has 1 aromatic carbocycles. The Kier molecular flexibility index (Phi) is 7.74. The molecule has 0 bridgehead atoms. The summed E-state index contributed by atoms with van der Waals surface area (Å²) in [4.78, 5) is 40.7. The molecule has 0 saturated heterocycles. The molecule has 0 atom stereocenters. The number of Topliss-reactive ketones (excluding diaryl/α,β-unsaturated/α-hetero) is 1. The maximum absolute atomic E-state index is 12.5. The van der Waals surface area contributed by atoms with Crippen LogP contribution in [0.2, 0.25) is 0 Å². The third-order valence-electron chi connectivity index (χ3n) is 4.01. The van der Waals surface area contributed by atoms with E-state index >= 15 is 0 Å². The van der Waals surface area contributed by atoms with Gasteiger partial charge in [-0.1, -0.05) is 12.1 Å². The molecule has 0 N–H and O–H groups in total. The molecular formula is C22H28N2O6. The van der Waals surface area contributed by atoms with Gasteiger partial charge in [0.2, 0.25) is 0 Å². The van der Waals surface area contributed by atoms with E-state index in [2.05, 4.69) is 4.98 Å². The number of hydrogen-bond acceptors (Lipinski definition) is 7. The number of hydrogen-bond donors (Lipinski definition) is 0. The van der Waals surface area contributed by atoms with Crippen molar-refractivity contribution in [1.29, 1.82) is 0 Å². The fraction of sp³-hybridized carbons (Fsp3) is 0.455. The van der Waals surface area contributed by atoms with Crippen LogP contribution in [0.15, 0.2) is 30.5 Å². The van der Waals surface area contributed by atoms with Crippen LogP contribution >= 0.6 is 0 Å². The number of ketones is 1. The minimum atomic E-state index is -0.960. The number of carbonyl (C=O) groups excluding carboxylic acids is 3. The second-order valence-electron chi connectivity index (χ2n) is 7.67. The Morgan fingerprint density at radius 1 is 1.10 bits per heavy atom. The van der Waals surface area contributed by atoms with E-state index in [-0.39, 0.29) is 31.2 Å². The first-order chi connectivity index (χ1) is 14.1. The van der Waals surface area contributed by atoms with Crippen molar-refractivity contribution in [1.82, 2.24) is 9.55 Å². The van der Waals surface area contributed by atoms with Crippen molar-refractivity contribution in [3.05, 3.63) is 47.5 Å². The summed E-state index contributed by atoms with van der Waals surface area (Å²) in [5, 5.41) is 0. The zero-order chi connectivity index (χ0) is 22.3. The zero-order valence-corrected chi connectivity index (χ0v) is 18.1. The van der Waals surface area contributed by atoms with Crippen molar-refractivity contribution < 1.29 is 28.6 Å². The lowest BCUT2D eigenvalue weighted by molar-refractivity contribution is -0.154. The van der Waals surface area contributed by atoms with Gasteiger partial charge in [-0.3, -0.25) is 9.59 Å². The highest BCUT2D eigenvalue weighted by molar-refractivity contribution is 6.39. The number of imidazole rings is 1. The lowest BCUT2D eigenvalue weighted by Crippen LogP contribution is -2.24. The smallest absolute Gasteiger partial charge is 0.383 e. The van der Waals surface area contributed by atoms with E-state index in [0.29, 0.717) is 18.0 Å². The highest BCUT2D eigenvalue weighted by Crippen LogP contribution is 2.16. The van der Waals surface area contributed by atoms with Gasteiger partial charge in [0.15, 0.2) is 5.82 Å².